The number of fused-ring (bicyclic) bond motifs is 1. The van der Waals surface area contributed by atoms with Gasteiger partial charge in [-0.1, -0.05) is 12.1 Å². The van der Waals surface area contributed by atoms with Crippen LogP contribution in [-0.2, 0) is 0 Å². The fourth-order valence-electron chi connectivity index (χ4n) is 3.33. The minimum Gasteiger partial charge on any atom is -0.505 e. The number of nitrogens with zero attached hydrogens (tertiary/aromatic N) is 2. The second-order valence-corrected chi connectivity index (χ2v) is 6.73. The predicted molar refractivity (Wildman–Crippen MR) is 110 cm³/mol. The van der Waals surface area contributed by atoms with Crippen LogP contribution in [0.5, 0.6) is 5.75 Å². The molecule has 144 valence electrons. The maximum absolute atomic E-state index is 11.0. The average molecular weight is 387 g/mol. The van der Waals surface area contributed by atoms with Crippen molar-refractivity contribution in [3.63, 3.8) is 0 Å². The molecule has 0 aliphatic rings. The largest absolute Gasteiger partial charge is 0.505 e. The lowest BCUT2D eigenvalue weighted by molar-refractivity contribution is -0.384. The third kappa shape index (κ3) is 3.58. The zero-order chi connectivity index (χ0) is 20.4. The maximum Gasteiger partial charge on any atom is 0.275 e. The summed E-state index contributed by atoms with van der Waals surface area (Å²) in [6.45, 7) is 1.97. The molecular weight excluding hydrogens is 368 g/mol. The molecule has 0 bridgehead atoms. The van der Waals surface area contributed by atoms with Crippen LogP contribution in [0.3, 0.4) is 0 Å². The lowest BCUT2D eigenvalue weighted by Gasteiger charge is -2.18. The van der Waals surface area contributed by atoms with E-state index >= 15 is 0 Å². The number of non-ortho nitro benzene ring substituents is 1. The molecule has 2 heterocycles. The van der Waals surface area contributed by atoms with Crippen LogP contribution in [0.1, 0.15) is 22.7 Å². The van der Waals surface area contributed by atoms with Crippen molar-refractivity contribution in [2.45, 2.75) is 13.0 Å². The van der Waals surface area contributed by atoms with Crippen LogP contribution in [0, 0.1) is 17.0 Å². The van der Waals surface area contributed by atoms with Gasteiger partial charge in [0.2, 0.25) is 0 Å². The molecule has 0 radical (unpaired) electrons. The van der Waals surface area contributed by atoms with E-state index in [4.69, 9.17) is 0 Å². The summed E-state index contributed by atoms with van der Waals surface area (Å²) in [5, 5.41) is 26.2. The second kappa shape index (κ2) is 7.55. The first-order valence-electron chi connectivity index (χ1n) is 9.09. The van der Waals surface area contributed by atoms with Crippen molar-refractivity contribution in [3.05, 3.63) is 99.9 Å². The van der Waals surface area contributed by atoms with Gasteiger partial charge < -0.3 is 5.11 Å². The molecule has 2 aromatic heterocycles. The maximum atomic E-state index is 11.0. The molecule has 0 aliphatic heterocycles. The fourth-order valence-corrected chi connectivity index (χ4v) is 3.33. The number of nitro groups is 1. The second-order valence-electron chi connectivity index (χ2n) is 6.73. The fraction of sp³-hybridized carbons (Fsp3) is 0.0909. The summed E-state index contributed by atoms with van der Waals surface area (Å²) < 4.78 is 0. The lowest BCUT2D eigenvalue weighted by Crippen LogP contribution is -2.20. The highest BCUT2D eigenvalue weighted by Gasteiger charge is 2.25. The van der Waals surface area contributed by atoms with Crippen molar-refractivity contribution in [2.75, 3.05) is 5.32 Å². The summed E-state index contributed by atoms with van der Waals surface area (Å²) in [4.78, 5) is 18.1. The first-order valence-corrected chi connectivity index (χ1v) is 9.09. The molecule has 2 aromatic carbocycles. The van der Waals surface area contributed by atoms with Gasteiger partial charge in [-0.05, 0) is 43.3 Å². The summed E-state index contributed by atoms with van der Waals surface area (Å²) in [7, 11) is 0. The Kier molecular flexibility index (Phi) is 4.78. The van der Waals surface area contributed by atoms with Crippen LogP contribution in [0.15, 0.2) is 73.1 Å². The van der Waals surface area contributed by atoms with Crippen molar-refractivity contribution in [1.82, 2.24) is 4.98 Å². The van der Waals surface area contributed by atoms with Crippen molar-refractivity contribution in [1.29, 1.82) is 0 Å². The Balaban J connectivity index is 1.85. The number of pyridine rings is 2. The number of benzene rings is 2. The molecule has 1 atom stereocenters. The molecule has 0 unspecified atom stereocenters. The third-order valence-corrected chi connectivity index (χ3v) is 4.88. The van der Waals surface area contributed by atoms with E-state index in [9.17, 15) is 15.2 Å². The summed E-state index contributed by atoms with van der Waals surface area (Å²) in [6, 6.07) is 17.2. The van der Waals surface area contributed by atoms with E-state index in [1.165, 1.54) is 12.1 Å². The van der Waals surface area contributed by atoms with E-state index in [0.717, 1.165) is 22.3 Å². The number of nitro benzene ring substituents is 1. The van der Waals surface area contributed by atoms with Crippen LogP contribution in [0.4, 0.5) is 11.5 Å². The van der Waals surface area contributed by atoms with Gasteiger partial charge in [-0.25, -0.2) is 4.98 Å². The first kappa shape index (κ1) is 18.4. The summed E-state index contributed by atoms with van der Waals surface area (Å²) in [5.41, 5.74) is 2.92. The van der Waals surface area contributed by atoms with E-state index in [1.807, 2.05) is 49.5 Å². The summed E-state index contributed by atoms with van der Waals surface area (Å²) in [5.74, 6) is 0.865. The lowest BCUT2D eigenvalue weighted by atomic mass is 9.96. The van der Waals surface area contributed by atoms with Crippen LogP contribution in [0.25, 0.3) is 10.9 Å². The van der Waals surface area contributed by atoms with Crippen molar-refractivity contribution >= 4 is 22.4 Å². The first-order chi connectivity index (χ1) is 14.0. The van der Waals surface area contributed by atoms with E-state index in [-0.39, 0.29) is 11.4 Å². The molecule has 0 saturated heterocycles. The molecule has 7 nitrogen and oxygen atoms in total. The quantitative estimate of drug-likeness (QED) is 0.395. The molecule has 29 heavy (non-hydrogen) atoms. The standard InChI is InChI=1S/C22H18N4O3/c1-14-4-2-13-24-22(14)25-19(16-6-9-17(10-7-16)26(28)29)18-11-8-15-5-3-12-23-20(15)21(18)27/h2-13,19,27H,1H3,(H,24,25)/p+1/t19-/m1/s1. The van der Waals surface area contributed by atoms with Crippen molar-refractivity contribution < 1.29 is 15.0 Å². The monoisotopic (exact) mass is 387 g/mol. The number of phenols is 1. The Bertz CT molecular complexity index is 1190. The number of anilines is 1. The van der Waals surface area contributed by atoms with Gasteiger partial charge in [-0.2, -0.15) is 0 Å². The molecule has 0 saturated carbocycles. The summed E-state index contributed by atoms with van der Waals surface area (Å²) >= 11 is 0. The van der Waals surface area contributed by atoms with Crippen LogP contribution in [-0.4, -0.2) is 15.0 Å². The number of aromatic nitrogens is 2. The SMILES string of the molecule is Cc1ccc[nH+]c1N[C@H](c1ccc([N+](=O)[O-])cc1)c1ccc2cccnc2c1O. The highest BCUT2D eigenvalue weighted by Crippen LogP contribution is 2.36. The Hall–Kier alpha value is -4.00. The number of hydrogen-bond donors (Lipinski definition) is 2. The Morgan fingerprint density at radius 2 is 1.90 bits per heavy atom. The van der Waals surface area contributed by atoms with E-state index in [0.29, 0.717) is 11.1 Å². The summed E-state index contributed by atoms with van der Waals surface area (Å²) in [6.07, 6.45) is 3.44. The van der Waals surface area contributed by atoms with Crippen molar-refractivity contribution in [2.24, 2.45) is 0 Å². The van der Waals surface area contributed by atoms with E-state index in [2.05, 4.69) is 15.3 Å². The minimum atomic E-state index is -0.445. The number of phenolic OH excluding ortho intramolecular Hbond substituents is 1. The van der Waals surface area contributed by atoms with E-state index in [1.54, 1.807) is 18.3 Å². The minimum absolute atomic E-state index is 0.0133. The predicted octanol–water partition coefficient (Wildman–Crippen LogP) is 4.17. The van der Waals surface area contributed by atoms with E-state index < -0.39 is 11.0 Å². The number of H-pyrrole nitrogens is 1. The van der Waals surface area contributed by atoms with Crippen LogP contribution >= 0.6 is 0 Å². The molecule has 0 amide bonds. The molecule has 4 aromatic rings. The molecule has 0 aliphatic carbocycles. The van der Waals surface area contributed by atoms with Crippen LogP contribution in [0.2, 0.25) is 0 Å². The van der Waals surface area contributed by atoms with Crippen LogP contribution < -0.4 is 10.3 Å². The Morgan fingerprint density at radius 3 is 2.62 bits per heavy atom. The molecule has 7 heteroatoms. The number of nitrogens with one attached hydrogen (secondary N) is 2. The molecule has 3 N–H and O–H groups in total. The van der Waals surface area contributed by atoms with Crippen molar-refractivity contribution in [3.8, 4) is 5.75 Å². The number of rotatable bonds is 5. The normalized spacial score (nSPS) is 11.9. The van der Waals surface area contributed by atoms with Gasteiger partial charge in [0.15, 0.2) is 0 Å². The highest BCUT2D eigenvalue weighted by molar-refractivity contribution is 5.86. The zero-order valence-electron chi connectivity index (χ0n) is 15.7. The number of aromatic hydroxyl groups is 1. The van der Waals surface area contributed by atoms with Gasteiger partial charge in [-0.3, -0.25) is 20.4 Å². The number of aromatic amines is 1. The van der Waals surface area contributed by atoms with Gasteiger partial charge in [0, 0.05) is 40.4 Å². The van der Waals surface area contributed by atoms with Gasteiger partial charge in [0.05, 0.1) is 11.1 Å². The Labute approximate surface area is 166 Å². The average Bonchev–Trinajstić information content (AvgIpc) is 2.74. The van der Waals surface area contributed by atoms with Gasteiger partial charge >= 0.3 is 0 Å². The number of hydrogen-bond acceptors (Lipinski definition) is 5. The molecular formula is C22H19N4O3+. The highest BCUT2D eigenvalue weighted by atomic mass is 16.6. The third-order valence-electron chi connectivity index (χ3n) is 4.88. The molecule has 0 spiro atoms. The number of aryl methyl sites for hydroxylation is 1. The Morgan fingerprint density at radius 1 is 1.10 bits per heavy atom. The van der Waals surface area contributed by atoms with Gasteiger partial charge in [0.1, 0.15) is 17.3 Å². The smallest absolute Gasteiger partial charge is 0.275 e. The zero-order valence-corrected chi connectivity index (χ0v) is 15.7. The molecule has 4 rings (SSSR count). The molecule has 0 fully saturated rings. The topological polar surface area (TPSA) is 102 Å². The van der Waals surface area contributed by atoms with Gasteiger partial charge in [-0.15, -0.1) is 0 Å². The van der Waals surface area contributed by atoms with Gasteiger partial charge in [0.25, 0.3) is 11.5 Å².